The molecule has 1 fully saturated rings. The maximum Gasteiger partial charge on any atom is 0.337 e. The molecule has 0 aliphatic carbocycles. The Kier molecular flexibility index (Phi) is 8.92. The first kappa shape index (κ1) is 27.2. The van der Waals surface area contributed by atoms with Crippen molar-refractivity contribution in [1.82, 2.24) is 4.90 Å². The second-order valence-electron chi connectivity index (χ2n) is 10.1. The first-order chi connectivity index (χ1) is 17.8. The molecule has 0 bridgehead atoms. The van der Waals surface area contributed by atoms with Crippen LogP contribution in [0.15, 0.2) is 47.4 Å². The summed E-state index contributed by atoms with van der Waals surface area (Å²) < 4.78 is 4.92. The molecule has 2 aromatic rings. The van der Waals surface area contributed by atoms with Gasteiger partial charge < -0.3 is 15.4 Å². The number of nitrogen functional groups attached to an aromatic ring is 1. The van der Waals surface area contributed by atoms with Crippen LogP contribution in [0.3, 0.4) is 0 Å². The van der Waals surface area contributed by atoms with Crippen molar-refractivity contribution in [3.63, 3.8) is 0 Å². The summed E-state index contributed by atoms with van der Waals surface area (Å²) in [5.41, 5.74) is 8.33. The van der Waals surface area contributed by atoms with Crippen molar-refractivity contribution in [3.05, 3.63) is 59.2 Å². The van der Waals surface area contributed by atoms with Gasteiger partial charge in [0.2, 0.25) is 5.91 Å². The van der Waals surface area contributed by atoms with Crippen molar-refractivity contribution in [1.29, 1.82) is 5.41 Å². The van der Waals surface area contributed by atoms with Gasteiger partial charge in [-0.25, -0.2) is 4.79 Å². The number of nitrogens with zero attached hydrogens (tertiary/aromatic N) is 2. The first-order valence-electron chi connectivity index (χ1n) is 13.2. The third kappa shape index (κ3) is 6.18. The molecule has 2 aliphatic rings. The summed E-state index contributed by atoms with van der Waals surface area (Å²) in [6.07, 6.45) is 6.88. The number of carbonyl (C=O) groups is 2. The number of nitrogens with two attached hydrogens (primary N) is 1. The molecule has 1 unspecified atom stereocenters. The number of nitrogens with one attached hydrogen (secondary N) is 1. The number of ether oxygens (including phenoxy) is 1. The van der Waals surface area contributed by atoms with Crippen molar-refractivity contribution in [2.75, 3.05) is 25.1 Å². The number of hydrogen-bond donors (Lipinski definition) is 2. The van der Waals surface area contributed by atoms with E-state index in [1.165, 1.54) is 38.1 Å². The minimum absolute atomic E-state index is 0.0153. The Morgan fingerprint density at radius 1 is 1.05 bits per heavy atom. The number of likely N-dealkylation sites (tertiary alicyclic amines) is 1. The zero-order chi connectivity index (χ0) is 26.5. The molecule has 2 aliphatic heterocycles. The van der Waals surface area contributed by atoms with Gasteiger partial charge in [-0.15, -0.1) is 11.8 Å². The first-order valence-corrected chi connectivity index (χ1v) is 14.1. The van der Waals surface area contributed by atoms with Gasteiger partial charge in [0.1, 0.15) is 11.1 Å². The van der Waals surface area contributed by atoms with Gasteiger partial charge in [0.05, 0.1) is 18.4 Å². The van der Waals surface area contributed by atoms with E-state index in [0.29, 0.717) is 29.8 Å². The molecular formula is C29H38N4O3S. The van der Waals surface area contributed by atoms with Gasteiger partial charge in [0.25, 0.3) is 0 Å². The van der Waals surface area contributed by atoms with E-state index in [1.807, 2.05) is 29.2 Å². The second-order valence-corrected chi connectivity index (χ2v) is 11.3. The SMILES string of the molecule is COC(=O)c1ccc2c(c1)N(CCCCCN1[C@H](C)CCC[C@@H]1C)C(=O)C(c1cccc(C(=N)N)c1)S2. The Hall–Kier alpha value is -2.84. The summed E-state index contributed by atoms with van der Waals surface area (Å²) in [6, 6.07) is 14.0. The quantitative estimate of drug-likeness (QED) is 0.199. The Labute approximate surface area is 224 Å². The number of benzene rings is 2. The molecule has 1 amide bonds. The van der Waals surface area contributed by atoms with E-state index in [0.717, 1.165) is 42.0 Å². The summed E-state index contributed by atoms with van der Waals surface area (Å²) >= 11 is 1.47. The average molecular weight is 523 g/mol. The number of rotatable bonds is 9. The highest BCUT2D eigenvalue weighted by Gasteiger charge is 2.35. The highest BCUT2D eigenvalue weighted by Crippen LogP contribution is 2.47. The monoisotopic (exact) mass is 522 g/mol. The number of fused-ring (bicyclic) bond motifs is 1. The van der Waals surface area contributed by atoms with Gasteiger partial charge in [-0.2, -0.15) is 0 Å². The fraction of sp³-hybridized carbons (Fsp3) is 0.483. The summed E-state index contributed by atoms with van der Waals surface area (Å²) in [5, 5.41) is 7.35. The Bertz CT molecular complexity index is 1140. The number of carbonyl (C=O) groups excluding carboxylic acids is 2. The van der Waals surface area contributed by atoms with Crippen LogP contribution in [0.5, 0.6) is 0 Å². The lowest BCUT2D eigenvalue weighted by molar-refractivity contribution is -0.118. The molecule has 0 aromatic heterocycles. The molecule has 2 aromatic carbocycles. The van der Waals surface area contributed by atoms with Gasteiger partial charge in [0, 0.05) is 29.1 Å². The van der Waals surface area contributed by atoms with E-state index in [4.69, 9.17) is 15.9 Å². The highest BCUT2D eigenvalue weighted by atomic mass is 32.2. The molecule has 7 nitrogen and oxygen atoms in total. The van der Waals surface area contributed by atoms with E-state index in [-0.39, 0.29) is 11.7 Å². The zero-order valence-corrected chi connectivity index (χ0v) is 22.9. The number of esters is 1. The molecule has 0 radical (unpaired) electrons. The summed E-state index contributed by atoms with van der Waals surface area (Å²) in [6.45, 7) is 6.34. The largest absolute Gasteiger partial charge is 0.465 e. The molecule has 1 saturated heterocycles. The van der Waals surface area contributed by atoms with Crippen molar-refractivity contribution in [2.45, 2.75) is 74.6 Å². The maximum absolute atomic E-state index is 13.8. The summed E-state index contributed by atoms with van der Waals surface area (Å²) in [5.74, 6) is -0.452. The highest BCUT2D eigenvalue weighted by molar-refractivity contribution is 8.00. The van der Waals surface area contributed by atoms with Gasteiger partial charge in [-0.05, 0) is 75.9 Å². The van der Waals surface area contributed by atoms with Crippen LogP contribution in [0.1, 0.15) is 79.1 Å². The number of piperidine rings is 1. The van der Waals surface area contributed by atoms with Crippen molar-refractivity contribution < 1.29 is 14.3 Å². The number of amides is 1. The van der Waals surface area contributed by atoms with E-state index in [1.54, 1.807) is 18.2 Å². The van der Waals surface area contributed by atoms with Crippen LogP contribution in [0.4, 0.5) is 5.69 Å². The van der Waals surface area contributed by atoms with Gasteiger partial charge in [-0.1, -0.05) is 31.0 Å². The normalized spacial score (nSPS) is 22.0. The zero-order valence-electron chi connectivity index (χ0n) is 22.0. The molecule has 198 valence electrons. The predicted molar refractivity (Wildman–Crippen MR) is 150 cm³/mol. The molecule has 2 heterocycles. The van der Waals surface area contributed by atoms with Gasteiger partial charge >= 0.3 is 5.97 Å². The number of thioether (sulfide) groups is 1. The molecule has 4 rings (SSSR count). The third-order valence-corrected chi connectivity index (χ3v) is 8.89. The van der Waals surface area contributed by atoms with Crippen LogP contribution in [0.2, 0.25) is 0 Å². The summed E-state index contributed by atoms with van der Waals surface area (Å²) in [4.78, 5) is 31.4. The fourth-order valence-corrected chi connectivity index (χ4v) is 6.68. The lowest BCUT2D eigenvalue weighted by atomic mass is 9.97. The van der Waals surface area contributed by atoms with E-state index in [9.17, 15) is 9.59 Å². The minimum atomic E-state index is -0.439. The van der Waals surface area contributed by atoms with Crippen molar-refractivity contribution in [2.24, 2.45) is 5.73 Å². The Balaban J connectivity index is 1.51. The standard InChI is InChI=1S/C29H38N4O3S/c1-19-9-7-10-20(2)32(19)15-5-4-6-16-33-24-18-23(29(35)36-3)13-14-25(24)37-26(28(33)34)21-11-8-12-22(17-21)27(30)31/h8,11-14,17-20,26H,4-7,9-10,15-16H2,1-3H3,(H3,30,31)/t19-,20+,26?. The van der Waals surface area contributed by atoms with E-state index >= 15 is 0 Å². The van der Waals surface area contributed by atoms with Crippen LogP contribution in [0.25, 0.3) is 0 Å². The molecular weight excluding hydrogens is 484 g/mol. The number of methoxy groups -OCH3 is 1. The lowest BCUT2D eigenvalue weighted by Gasteiger charge is -2.39. The van der Waals surface area contributed by atoms with Crippen molar-refractivity contribution in [3.8, 4) is 0 Å². The molecule has 3 N–H and O–H groups in total. The van der Waals surface area contributed by atoms with Gasteiger partial charge in [0.15, 0.2) is 0 Å². The molecule has 37 heavy (non-hydrogen) atoms. The van der Waals surface area contributed by atoms with Crippen LogP contribution in [-0.2, 0) is 9.53 Å². The Morgan fingerprint density at radius 2 is 1.78 bits per heavy atom. The molecule has 3 atom stereocenters. The third-order valence-electron chi connectivity index (χ3n) is 7.58. The Morgan fingerprint density at radius 3 is 2.49 bits per heavy atom. The van der Waals surface area contributed by atoms with Gasteiger partial charge in [-0.3, -0.25) is 15.1 Å². The maximum atomic E-state index is 13.8. The molecule has 0 saturated carbocycles. The molecule has 8 heteroatoms. The van der Waals surface area contributed by atoms with Crippen LogP contribution in [0, 0.1) is 5.41 Å². The summed E-state index contributed by atoms with van der Waals surface area (Å²) in [7, 11) is 1.36. The minimum Gasteiger partial charge on any atom is -0.465 e. The smallest absolute Gasteiger partial charge is 0.337 e. The van der Waals surface area contributed by atoms with Crippen LogP contribution >= 0.6 is 11.8 Å². The number of unbranched alkanes of at least 4 members (excludes halogenated alkanes) is 2. The van der Waals surface area contributed by atoms with Crippen molar-refractivity contribution >= 4 is 35.2 Å². The van der Waals surface area contributed by atoms with Crippen LogP contribution < -0.4 is 10.6 Å². The van der Waals surface area contributed by atoms with Crippen LogP contribution in [-0.4, -0.2) is 54.9 Å². The average Bonchev–Trinajstić information content (AvgIpc) is 2.90. The van der Waals surface area contributed by atoms with E-state index < -0.39 is 11.2 Å². The second kappa shape index (κ2) is 12.1. The number of amidine groups is 1. The van der Waals surface area contributed by atoms with E-state index in [2.05, 4.69) is 18.7 Å². The topological polar surface area (TPSA) is 99.7 Å². The number of hydrogen-bond acceptors (Lipinski definition) is 6. The predicted octanol–water partition coefficient (Wildman–Crippen LogP) is 5.37. The molecule has 0 spiro atoms. The lowest BCUT2D eigenvalue weighted by Crippen LogP contribution is -2.44. The number of anilines is 1. The fourth-order valence-electron chi connectivity index (χ4n) is 5.48.